The van der Waals surface area contributed by atoms with Gasteiger partial charge >= 0.3 is 0 Å². The molecule has 1 heterocycles. The molecule has 0 atom stereocenters. The Morgan fingerprint density at radius 2 is 1.97 bits per heavy atom. The van der Waals surface area contributed by atoms with Gasteiger partial charge in [0.05, 0.1) is 19.2 Å². The molecule has 0 amide bonds. The van der Waals surface area contributed by atoms with Crippen molar-refractivity contribution in [3.63, 3.8) is 0 Å². The summed E-state index contributed by atoms with van der Waals surface area (Å²) >= 11 is 0. The van der Waals surface area contributed by atoms with E-state index in [9.17, 15) is 0 Å². The lowest BCUT2D eigenvalue weighted by Gasteiger charge is -2.14. The fourth-order valence-electron chi connectivity index (χ4n) is 3.52. The van der Waals surface area contributed by atoms with Gasteiger partial charge < -0.3 is 15.4 Å². The largest absolute Gasteiger partial charge is 0.378 e. The number of rotatable bonds is 10. The van der Waals surface area contributed by atoms with Gasteiger partial charge in [-0.15, -0.1) is 24.0 Å². The van der Waals surface area contributed by atoms with E-state index in [1.807, 2.05) is 23.1 Å². The average molecular weight is 511 g/mol. The van der Waals surface area contributed by atoms with Crippen molar-refractivity contribution >= 4 is 29.9 Å². The predicted octanol–water partition coefficient (Wildman–Crippen LogP) is 3.95. The first-order valence-electron chi connectivity index (χ1n) is 10.5. The molecule has 7 heteroatoms. The van der Waals surface area contributed by atoms with Crippen LogP contribution in [0.3, 0.4) is 0 Å². The molecule has 0 radical (unpaired) electrons. The third-order valence-corrected chi connectivity index (χ3v) is 5.03. The highest BCUT2D eigenvalue weighted by molar-refractivity contribution is 14.0. The fourth-order valence-corrected chi connectivity index (χ4v) is 3.52. The van der Waals surface area contributed by atoms with Crippen LogP contribution in [0, 0.1) is 0 Å². The minimum atomic E-state index is 0. The average Bonchev–Trinajstić information content (AvgIpc) is 3.41. The number of guanidine groups is 1. The van der Waals surface area contributed by atoms with Crippen LogP contribution in [0.25, 0.3) is 0 Å². The zero-order valence-electron chi connectivity index (χ0n) is 17.3. The maximum atomic E-state index is 5.93. The van der Waals surface area contributed by atoms with Gasteiger partial charge in [0.25, 0.3) is 0 Å². The van der Waals surface area contributed by atoms with Crippen molar-refractivity contribution in [3.8, 4) is 0 Å². The monoisotopic (exact) mass is 511 g/mol. The molecule has 0 bridgehead atoms. The number of halogens is 1. The van der Waals surface area contributed by atoms with Crippen LogP contribution in [-0.4, -0.2) is 41.5 Å². The van der Waals surface area contributed by atoms with E-state index in [1.165, 1.54) is 36.8 Å². The molecule has 1 aliphatic rings. The number of aliphatic imine (C=N–C) groups is 1. The van der Waals surface area contributed by atoms with Crippen LogP contribution in [0.5, 0.6) is 0 Å². The fraction of sp³-hybridized carbons (Fsp3) is 0.545. The molecule has 1 aromatic carbocycles. The minimum absolute atomic E-state index is 0. The summed E-state index contributed by atoms with van der Waals surface area (Å²) in [4.78, 5) is 4.77. The third-order valence-electron chi connectivity index (χ3n) is 5.03. The Morgan fingerprint density at radius 3 is 2.69 bits per heavy atom. The summed E-state index contributed by atoms with van der Waals surface area (Å²) in [5, 5.41) is 11.1. The Hall–Kier alpha value is -1.61. The summed E-state index contributed by atoms with van der Waals surface area (Å²) in [6.07, 6.45) is 10.4. The van der Waals surface area contributed by atoms with E-state index in [-0.39, 0.29) is 24.0 Å². The van der Waals surface area contributed by atoms with E-state index in [4.69, 9.17) is 9.73 Å². The molecule has 0 unspecified atom stereocenters. The predicted molar refractivity (Wildman–Crippen MR) is 129 cm³/mol. The maximum absolute atomic E-state index is 5.93. The van der Waals surface area contributed by atoms with Gasteiger partial charge in [0.1, 0.15) is 0 Å². The summed E-state index contributed by atoms with van der Waals surface area (Å²) in [6, 6.07) is 10.4. The summed E-state index contributed by atoms with van der Waals surface area (Å²) in [5.41, 5.74) is 2.47. The van der Waals surface area contributed by atoms with Crippen LogP contribution >= 0.6 is 24.0 Å². The lowest BCUT2D eigenvalue weighted by atomic mass is 10.1. The highest BCUT2D eigenvalue weighted by atomic mass is 127. The van der Waals surface area contributed by atoms with Crippen LogP contribution in [0.15, 0.2) is 47.7 Å². The molecule has 3 rings (SSSR count). The second-order valence-electron chi connectivity index (χ2n) is 7.23. The van der Waals surface area contributed by atoms with Crippen molar-refractivity contribution in [1.82, 2.24) is 20.4 Å². The van der Waals surface area contributed by atoms with Gasteiger partial charge in [-0.25, -0.2) is 4.99 Å². The minimum Gasteiger partial charge on any atom is -0.378 e. The smallest absolute Gasteiger partial charge is 0.191 e. The van der Waals surface area contributed by atoms with Gasteiger partial charge in [0.15, 0.2) is 5.96 Å². The van der Waals surface area contributed by atoms with Crippen LogP contribution in [-0.2, 0) is 17.8 Å². The molecule has 2 aromatic rings. The second-order valence-corrected chi connectivity index (χ2v) is 7.23. The molecule has 160 valence electrons. The third kappa shape index (κ3) is 8.34. The van der Waals surface area contributed by atoms with Crippen molar-refractivity contribution in [3.05, 3.63) is 53.9 Å². The number of nitrogens with one attached hydrogen (secondary N) is 2. The molecule has 29 heavy (non-hydrogen) atoms. The first-order chi connectivity index (χ1) is 13.8. The Morgan fingerprint density at radius 1 is 1.17 bits per heavy atom. The Kier molecular flexibility index (Phi) is 11.1. The lowest BCUT2D eigenvalue weighted by Crippen LogP contribution is -2.38. The molecule has 2 N–H and O–H groups in total. The van der Waals surface area contributed by atoms with Crippen molar-refractivity contribution in [2.75, 3.05) is 19.7 Å². The molecule has 6 nitrogen and oxygen atoms in total. The van der Waals surface area contributed by atoms with Crippen molar-refractivity contribution in [2.24, 2.45) is 4.99 Å². The highest BCUT2D eigenvalue weighted by Gasteiger charge is 2.14. The molecule has 0 spiro atoms. The Balaban J connectivity index is 0.00000300. The van der Waals surface area contributed by atoms with E-state index in [0.29, 0.717) is 12.6 Å². The number of ether oxygens (including phenoxy) is 1. The van der Waals surface area contributed by atoms with Crippen molar-refractivity contribution in [2.45, 2.75) is 58.2 Å². The quantitative estimate of drug-likeness (QED) is 0.220. The molecule has 1 saturated carbocycles. The zero-order chi connectivity index (χ0) is 19.4. The normalized spacial score (nSPS) is 14.6. The Bertz CT molecular complexity index is 714. The van der Waals surface area contributed by atoms with Crippen molar-refractivity contribution < 1.29 is 4.74 Å². The van der Waals surface area contributed by atoms with Crippen molar-refractivity contribution in [1.29, 1.82) is 0 Å². The molecule has 1 aliphatic carbocycles. The van der Waals surface area contributed by atoms with Gasteiger partial charge in [-0.2, -0.15) is 5.10 Å². The molecular weight excluding hydrogens is 477 g/mol. The van der Waals surface area contributed by atoms with Crippen LogP contribution in [0.1, 0.15) is 50.2 Å². The maximum Gasteiger partial charge on any atom is 0.191 e. The van der Waals surface area contributed by atoms with E-state index < -0.39 is 0 Å². The number of hydrogen-bond donors (Lipinski definition) is 2. The van der Waals surface area contributed by atoms with Gasteiger partial charge in [0, 0.05) is 32.1 Å². The van der Waals surface area contributed by atoms with E-state index in [0.717, 1.165) is 38.6 Å². The standard InChI is InChI=1S/C22H33N5O.HI/c1-2-23-22(24-13-8-16-28-21-11-5-6-12-21)25-17-19-9-3-4-10-20(19)18-27-15-7-14-26-27;/h3-4,7,9-10,14-15,21H,2,5-6,8,11-13,16-18H2,1H3,(H2,23,24,25);1H. The summed E-state index contributed by atoms with van der Waals surface area (Å²) in [7, 11) is 0. The van der Waals surface area contributed by atoms with E-state index >= 15 is 0 Å². The summed E-state index contributed by atoms with van der Waals surface area (Å²) < 4.78 is 7.87. The first-order valence-corrected chi connectivity index (χ1v) is 10.5. The number of benzene rings is 1. The van der Waals surface area contributed by atoms with Gasteiger partial charge in [-0.3, -0.25) is 4.68 Å². The highest BCUT2D eigenvalue weighted by Crippen LogP contribution is 2.20. The zero-order valence-corrected chi connectivity index (χ0v) is 19.7. The molecular formula is C22H34IN5O. The summed E-state index contributed by atoms with van der Waals surface area (Å²) in [6.45, 7) is 6.04. The first kappa shape index (κ1) is 23.7. The number of aromatic nitrogens is 2. The molecule has 1 fully saturated rings. The van der Waals surface area contributed by atoms with E-state index in [2.05, 4.69) is 46.9 Å². The number of hydrogen-bond acceptors (Lipinski definition) is 3. The molecule has 1 aromatic heterocycles. The SMILES string of the molecule is CCNC(=NCc1ccccc1Cn1cccn1)NCCCOC1CCCC1.I. The second kappa shape index (κ2) is 13.6. The number of nitrogens with zero attached hydrogens (tertiary/aromatic N) is 3. The summed E-state index contributed by atoms with van der Waals surface area (Å²) in [5.74, 6) is 0.859. The van der Waals surface area contributed by atoms with Crippen LogP contribution in [0.4, 0.5) is 0 Å². The van der Waals surface area contributed by atoms with Crippen LogP contribution < -0.4 is 10.6 Å². The molecule has 0 saturated heterocycles. The van der Waals surface area contributed by atoms with Gasteiger partial charge in [-0.05, 0) is 43.4 Å². The lowest BCUT2D eigenvalue weighted by molar-refractivity contribution is 0.0574. The Labute approximate surface area is 191 Å². The van der Waals surface area contributed by atoms with Crippen LogP contribution in [0.2, 0.25) is 0 Å². The van der Waals surface area contributed by atoms with E-state index in [1.54, 1.807) is 0 Å². The van der Waals surface area contributed by atoms with Gasteiger partial charge in [-0.1, -0.05) is 37.1 Å². The van der Waals surface area contributed by atoms with Gasteiger partial charge in [0.2, 0.25) is 0 Å². The molecule has 0 aliphatic heterocycles. The topological polar surface area (TPSA) is 63.5 Å².